The summed E-state index contributed by atoms with van der Waals surface area (Å²) in [6.45, 7) is 5.28. The van der Waals surface area contributed by atoms with E-state index >= 15 is 0 Å². The lowest BCUT2D eigenvalue weighted by atomic mass is 10.0. The van der Waals surface area contributed by atoms with Crippen molar-refractivity contribution in [2.24, 2.45) is 5.92 Å². The first-order valence-electron chi connectivity index (χ1n) is 7.52. The van der Waals surface area contributed by atoms with Crippen molar-refractivity contribution in [1.29, 1.82) is 0 Å². The van der Waals surface area contributed by atoms with Gasteiger partial charge in [-0.05, 0) is 18.4 Å². The lowest BCUT2D eigenvalue weighted by Gasteiger charge is -2.07. The maximum atomic E-state index is 11.7. The van der Waals surface area contributed by atoms with E-state index in [9.17, 15) is 9.59 Å². The number of carbonyl (C=O) groups excluding carboxylic acids is 1. The van der Waals surface area contributed by atoms with E-state index in [1.807, 2.05) is 0 Å². The van der Waals surface area contributed by atoms with Crippen LogP contribution in [0.3, 0.4) is 0 Å². The molecule has 20 heavy (non-hydrogen) atoms. The van der Waals surface area contributed by atoms with Gasteiger partial charge in [0.15, 0.2) is 0 Å². The highest BCUT2D eigenvalue weighted by molar-refractivity contribution is 5.75. The molecule has 4 heteroatoms. The first-order valence-corrected chi connectivity index (χ1v) is 7.52. The second kappa shape index (κ2) is 9.34. The molecule has 112 valence electrons. The molecule has 1 heterocycles. The zero-order valence-corrected chi connectivity index (χ0v) is 12.6. The third kappa shape index (κ3) is 7.12. The van der Waals surface area contributed by atoms with Crippen LogP contribution in [0.25, 0.3) is 0 Å². The van der Waals surface area contributed by atoms with Crippen LogP contribution in [0.5, 0.6) is 0 Å². The summed E-state index contributed by atoms with van der Waals surface area (Å²) in [4.78, 5) is 23.1. The van der Waals surface area contributed by atoms with Crippen molar-refractivity contribution >= 4 is 5.91 Å². The van der Waals surface area contributed by atoms with Crippen LogP contribution in [-0.2, 0) is 11.3 Å². The Balaban J connectivity index is 2.09. The van der Waals surface area contributed by atoms with Gasteiger partial charge in [0.25, 0.3) is 5.56 Å². The molecule has 0 aliphatic rings. The van der Waals surface area contributed by atoms with Crippen molar-refractivity contribution in [3.8, 4) is 0 Å². The van der Waals surface area contributed by atoms with Crippen molar-refractivity contribution < 1.29 is 4.79 Å². The topological polar surface area (TPSA) is 51.1 Å². The highest BCUT2D eigenvalue weighted by Crippen LogP contribution is 2.08. The van der Waals surface area contributed by atoms with E-state index in [2.05, 4.69) is 19.2 Å². The summed E-state index contributed by atoms with van der Waals surface area (Å²) >= 11 is 0. The molecule has 4 nitrogen and oxygen atoms in total. The second-order valence-electron chi connectivity index (χ2n) is 5.61. The van der Waals surface area contributed by atoms with E-state index in [0.29, 0.717) is 6.54 Å². The fourth-order valence-electron chi connectivity index (χ4n) is 2.06. The van der Waals surface area contributed by atoms with Gasteiger partial charge in [-0.25, -0.2) is 0 Å². The molecule has 0 aliphatic heterocycles. The van der Waals surface area contributed by atoms with Crippen molar-refractivity contribution in [2.75, 3.05) is 6.54 Å². The van der Waals surface area contributed by atoms with Crippen LogP contribution in [0.15, 0.2) is 29.2 Å². The molecule has 0 unspecified atom stereocenters. The van der Waals surface area contributed by atoms with E-state index in [0.717, 1.165) is 18.8 Å². The molecule has 0 aliphatic carbocycles. The van der Waals surface area contributed by atoms with Gasteiger partial charge in [0.2, 0.25) is 5.91 Å². The minimum Gasteiger partial charge on any atom is -0.355 e. The number of unbranched alkanes of at least 4 members (excludes halogenated alkanes) is 3. The average molecular weight is 278 g/mol. The lowest BCUT2D eigenvalue weighted by Crippen LogP contribution is -2.32. The highest BCUT2D eigenvalue weighted by Gasteiger charge is 2.02. The normalized spacial score (nSPS) is 10.8. The third-order valence-electron chi connectivity index (χ3n) is 3.24. The van der Waals surface area contributed by atoms with Crippen LogP contribution in [-0.4, -0.2) is 17.0 Å². The largest absolute Gasteiger partial charge is 0.355 e. The van der Waals surface area contributed by atoms with Crippen LogP contribution < -0.4 is 10.9 Å². The van der Waals surface area contributed by atoms with Gasteiger partial charge in [0, 0.05) is 18.8 Å². The number of nitrogens with zero attached hydrogens (tertiary/aromatic N) is 1. The Morgan fingerprint density at radius 3 is 2.65 bits per heavy atom. The van der Waals surface area contributed by atoms with Crippen LogP contribution in [0.2, 0.25) is 0 Å². The van der Waals surface area contributed by atoms with E-state index in [4.69, 9.17) is 0 Å². The third-order valence-corrected chi connectivity index (χ3v) is 3.24. The van der Waals surface area contributed by atoms with Crippen LogP contribution in [0.1, 0.15) is 46.0 Å². The molecule has 0 spiro atoms. The van der Waals surface area contributed by atoms with E-state index in [1.165, 1.54) is 29.9 Å². The average Bonchev–Trinajstić information content (AvgIpc) is 2.40. The summed E-state index contributed by atoms with van der Waals surface area (Å²) in [5.74, 6) is 0.680. The van der Waals surface area contributed by atoms with Crippen LogP contribution in [0, 0.1) is 5.92 Å². The van der Waals surface area contributed by atoms with Crippen LogP contribution in [0.4, 0.5) is 0 Å². The van der Waals surface area contributed by atoms with Gasteiger partial charge in [-0.3, -0.25) is 9.59 Å². The summed E-state index contributed by atoms with van der Waals surface area (Å²) in [5, 5.41) is 2.86. The number of aromatic nitrogens is 1. The summed E-state index contributed by atoms with van der Waals surface area (Å²) in [5.41, 5.74) is -0.142. The molecule has 0 saturated heterocycles. The second-order valence-corrected chi connectivity index (χ2v) is 5.61. The van der Waals surface area contributed by atoms with Crippen molar-refractivity contribution in [3.63, 3.8) is 0 Å². The predicted octanol–water partition coefficient (Wildman–Crippen LogP) is 2.57. The molecule has 1 N–H and O–H groups in total. The minimum atomic E-state index is -0.142. The first-order chi connectivity index (χ1) is 9.59. The van der Waals surface area contributed by atoms with E-state index in [-0.39, 0.29) is 18.0 Å². The van der Waals surface area contributed by atoms with Gasteiger partial charge in [-0.15, -0.1) is 0 Å². The fraction of sp³-hybridized carbons (Fsp3) is 0.625. The van der Waals surface area contributed by atoms with Crippen molar-refractivity contribution in [3.05, 3.63) is 34.7 Å². The number of hydrogen-bond acceptors (Lipinski definition) is 2. The Labute approximate surface area is 121 Å². The minimum absolute atomic E-state index is 0.0968. The fourth-order valence-corrected chi connectivity index (χ4v) is 2.06. The summed E-state index contributed by atoms with van der Waals surface area (Å²) in [6.07, 6.45) is 7.57. The summed E-state index contributed by atoms with van der Waals surface area (Å²) in [6, 6.07) is 4.89. The molecule has 1 aromatic rings. The Morgan fingerprint density at radius 1 is 1.20 bits per heavy atom. The number of pyridine rings is 1. The van der Waals surface area contributed by atoms with Crippen LogP contribution >= 0.6 is 0 Å². The van der Waals surface area contributed by atoms with Gasteiger partial charge >= 0.3 is 0 Å². The zero-order chi connectivity index (χ0) is 14.8. The van der Waals surface area contributed by atoms with E-state index in [1.54, 1.807) is 18.3 Å². The Bertz CT molecular complexity index is 452. The molecule has 0 atom stereocenters. The number of nitrogens with one attached hydrogen (secondary N) is 1. The van der Waals surface area contributed by atoms with Crippen molar-refractivity contribution in [2.45, 2.75) is 52.5 Å². The monoisotopic (exact) mass is 278 g/mol. The number of amides is 1. The molecule has 0 aromatic carbocycles. The van der Waals surface area contributed by atoms with Gasteiger partial charge in [0.1, 0.15) is 6.54 Å². The molecule has 1 rings (SSSR count). The zero-order valence-electron chi connectivity index (χ0n) is 12.6. The van der Waals surface area contributed by atoms with E-state index < -0.39 is 0 Å². The molecular formula is C16H26N2O2. The molecule has 0 radical (unpaired) electrons. The smallest absolute Gasteiger partial charge is 0.250 e. The maximum Gasteiger partial charge on any atom is 0.250 e. The van der Waals surface area contributed by atoms with Crippen molar-refractivity contribution in [1.82, 2.24) is 9.88 Å². The molecule has 1 aromatic heterocycles. The molecule has 0 saturated carbocycles. The number of hydrogen-bond donors (Lipinski definition) is 1. The summed E-state index contributed by atoms with van der Waals surface area (Å²) < 4.78 is 1.41. The van der Waals surface area contributed by atoms with Gasteiger partial charge in [-0.1, -0.05) is 45.6 Å². The standard InChI is InChI=1S/C16H26N2O2/c1-14(2)9-5-3-4-7-11-17-15(19)13-18-12-8-6-10-16(18)20/h6,8,10,12,14H,3-5,7,9,11,13H2,1-2H3,(H,17,19). The summed E-state index contributed by atoms with van der Waals surface area (Å²) in [7, 11) is 0. The quantitative estimate of drug-likeness (QED) is 0.706. The number of rotatable bonds is 9. The SMILES string of the molecule is CC(C)CCCCCCNC(=O)Cn1ccccc1=O. The molecular weight excluding hydrogens is 252 g/mol. The first kappa shape index (κ1) is 16.5. The molecule has 0 bridgehead atoms. The van der Waals surface area contributed by atoms with Gasteiger partial charge in [0.05, 0.1) is 0 Å². The van der Waals surface area contributed by atoms with Gasteiger partial charge < -0.3 is 9.88 Å². The maximum absolute atomic E-state index is 11.7. The molecule has 1 amide bonds. The Morgan fingerprint density at radius 2 is 1.95 bits per heavy atom. The number of carbonyl (C=O) groups is 1. The Kier molecular flexibility index (Phi) is 7.70. The van der Waals surface area contributed by atoms with Gasteiger partial charge in [-0.2, -0.15) is 0 Å². The Hall–Kier alpha value is -1.58. The highest BCUT2D eigenvalue weighted by atomic mass is 16.2. The molecule has 0 fully saturated rings. The predicted molar refractivity (Wildman–Crippen MR) is 81.6 cm³/mol. The lowest BCUT2D eigenvalue weighted by molar-refractivity contribution is -0.121.